The standard InChI is InChI=1S/C16H34BNO2Si/c1-11(2)16(10-18,15(9)17(19)20)21(12(3)4,13(5)6)14(7)8/h11-15,19-20H,1-9H3. The van der Waals surface area contributed by atoms with Gasteiger partial charge >= 0.3 is 7.12 Å². The molecule has 5 heteroatoms. The Morgan fingerprint density at radius 2 is 1.19 bits per heavy atom. The molecule has 0 aromatic carbocycles. The van der Waals surface area contributed by atoms with Gasteiger partial charge in [-0.15, -0.1) is 0 Å². The third-order valence-corrected chi connectivity index (χ3v) is 14.2. The summed E-state index contributed by atoms with van der Waals surface area (Å²) in [5.41, 5.74) is 1.21. The molecule has 0 aliphatic heterocycles. The van der Waals surface area contributed by atoms with E-state index in [9.17, 15) is 15.3 Å². The monoisotopic (exact) mass is 311 g/mol. The summed E-state index contributed by atoms with van der Waals surface area (Å²) in [5.74, 6) is -0.348. The fraction of sp³-hybridized carbons (Fsp3) is 0.938. The van der Waals surface area contributed by atoms with Crippen molar-refractivity contribution in [2.75, 3.05) is 0 Å². The van der Waals surface area contributed by atoms with E-state index in [4.69, 9.17) is 0 Å². The Bertz CT molecular complexity index is 355. The molecule has 0 aliphatic rings. The highest BCUT2D eigenvalue weighted by Gasteiger charge is 2.64. The molecule has 0 saturated heterocycles. The molecule has 0 saturated carbocycles. The van der Waals surface area contributed by atoms with E-state index in [2.05, 4.69) is 61.5 Å². The van der Waals surface area contributed by atoms with Crippen LogP contribution in [0.15, 0.2) is 0 Å². The van der Waals surface area contributed by atoms with Crippen LogP contribution in [0.1, 0.15) is 62.3 Å². The summed E-state index contributed by atoms with van der Waals surface area (Å²) < 4.78 is 0. The summed E-state index contributed by atoms with van der Waals surface area (Å²) in [6.45, 7) is 19.3. The van der Waals surface area contributed by atoms with Crippen LogP contribution in [0.4, 0.5) is 0 Å². The quantitative estimate of drug-likeness (QED) is 0.683. The summed E-state index contributed by atoms with van der Waals surface area (Å²) in [6.07, 6.45) is 0. The van der Waals surface area contributed by atoms with Gasteiger partial charge in [-0.2, -0.15) is 5.26 Å². The van der Waals surface area contributed by atoms with Crippen LogP contribution in [0.3, 0.4) is 0 Å². The highest BCUT2D eigenvalue weighted by atomic mass is 28.3. The van der Waals surface area contributed by atoms with Crippen LogP contribution in [0.25, 0.3) is 0 Å². The number of nitrogens with zero attached hydrogens (tertiary/aromatic N) is 1. The van der Waals surface area contributed by atoms with E-state index in [1.54, 1.807) is 0 Å². The zero-order valence-corrected chi connectivity index (χ0v) is 16.3. The first-order valence-electron chi connectivity index (χ1n) is 8.21. The Morgan fingerprint density at radius 3 is 1.33 bits per heavy atom. The van der Waals surface area contributed by atoms with E-state index in [1.165, 1.54) is 0 Å². The van der Waals surface area contributed by atoms with Crippen molar-refractivity contribution in [2.24, 2.45) is 5.92 Å². The zero-order valence-electron chi connectivity index (χ0n) is 15.3. The van der Waals surface area contributed by atoms with E-state index in [0.29, 0.717) is 16.6 Å². The zero-order chi connectivity index (χ0) is 17.2. The number of hydrogen-bond donors (Lipinski definition) is 2. The summed E-state index contributed by atoms with van der Waals surface area (Å²) in [4.78, 5) is 0. The Hall–Kier alpha value is -0.308. The lowest BCUT2D eigenvalue weighted by Gasteiger charge is -2.58. The summed E-state index contributed by atoms with van der Waals surface area (Å²) in [5, 5.41) is 29.3. The minimum absolute atomic E-state index is 0.0955. The second-order valence-electron chi connectivity index (χ2n) is 7.73. The molecule has 122 valence electrons. The fourth-order valence-electron chi connectivity index (χ4n) is 5.42. The van der Waals surface area contributed by atoms with Gasteiger partial charge in [0.25, 0.3) is 0 Å². The smallest absolute Gasteiger partial charge is 0.427 e. The number of rotatable bonds is 7. The molecule has 0 rings (SSSR count). The first kappa shape index (κ1) is 20.7. The Kier molecular flexibility index (Phi) is 7.20. The first-order valence-corrected chi connectivity index (χ1v) is 10.4. The van der Waals surface area contributed by atoms with Crippen molar-refractivity contribution in [3.05, 3.63) is 0 Å². The molecule has 21 heavy (non-hydrogen) atoms. The summed E-state index contributed by atoms with van der Waals surface area (Å²) in [7, 11) is -3.63. The van der Waals surface area contributed by atoms with Gasteiger partial charge in [0.2, 0.25) is 0 Å². The Balaban J connectivity index is 6.65. The molecular weight excluding hydrogens is 277 g/mol. The van der Waals surface area contributed by atoms with E-state index in [0.717, 1.165) is 0 Å². The van der Waals surface area contributed by atoms with E-state index in [-0.39, 0.29) is 5.92 Å². The van der Waals surface area contributed by atoms with Crippen LogP contribution in [0, 0.1) is 17.2 Å². The van der Waals surface area contributed by atoms with Gasteiger partial charge in [-0.3, -0.25) is 0 Å². The van der Waals surface area contributed by atoms with Crippen LogP contribution in [-0.4, -0.2) is 25.2 Å². The predicted molar refractivity (Wildman–Crippen MR) is 93.8 cm³/mol. The van der Waals surface area contributed by atoms with Gasteiger partial charge in [0.05, 0.1) is 19.2 Å². The maximum atomic E-state index is 10.2. The molecule has 0 radical (unpaired) electrons. The molecule has 0 fully saturated rings. The molecule has 3 nitrogen and oxygen atoms in total. The maximum Gasteiger partial charge on any atom is 0.455 e. The van der Waals surface area contributed by atoms with Gasteiger partial charge < -0.3 is 10.0 Å². The molecule has 0 bridgehead atoms. The molecule has 0 aromatic rings. The number of nitriles is 1. The fourth-order valence-corrected chi connectivity index (χ4v) is 14.4. The predicted octanol–water partition coefficient (Wildman–Crippen LogP) is 4.45. The Labute approximate surface area is 132 Å². The minimum atomic E-state index is -2.18. The first-order chi connectivity index (χ1) is 9.44. The molecule has 0 heterocycles. The van der Waals surface area contributed by atoms with Gasteiger partial charge in [0.15, 0.2) is 0 Å². The second kappa shape index (κ2) is 7.30. The van der Waals surface area contributed by atoms with Crippen molar-refractivity contribution >= 4 is 15.2 Å². The third kappa shape index (κ3) is 2.95. The molecule has 0 spiro atoms. The van der Waals surface area contributed by atoms with Crippen molar-refractivity contribution in [1.82, 2.24) is 0 Å². The summed E-state index contributed by atoms with van der Waals surface area (Å²) >= 11 is 0. The molecule has 0 aliphatic carbocycles. The Morgan fingerprint density at radius 1 is 0.857 bits per heavy atom. The largest absolute Gasteiger partial charge is 0.455 e. The minimum Gasteiger partial charge on any atom is -0.427 e. The van der Waals surface area contributed by atoms with Crippen LogP contribution in [0.2, 0.25) is 27.5 Å². The lowest BCUT2D eigenvalue weighted by molar-refractivity contribution is 0.340. The van der Waals surface area contributed by atoms with Gasteiger partial charge in [0.1, 0.15) is 0 Å². The van der Waals surface area contributed by atoms with Crippen molar-refractivity contribution in [3.63, 3.8) is 0 Å². The molecule has 0 amide bonds. The lowest BCUT2D eigenvalue weighted by atomic mass is 9.63. The van der Waals surface area contributed by atoms with Crippen LogP contribution >= 0.6 is 0 Å². The van der Waals surface area contributed by atoms with Crippen LogP contribution < -0.4 is 0 Å². The van der Waals surface area contributed by atoms with Gasteiger partial charge in [-0.1, -0.05) is 62.3 Å². The molecule has 2 N–H and O–H groups in total. The van der Waals surface area contributed by atoms with E-state index < -0.39 is 26.0 Å². The SMILES string of the molecule is CC(C)C(C#N)(C(C)B(O)O)[Si](C(C)C)(C(C)C)C(C)C. The van der Waals surface area contributed by atoms with Crippen molar-refractivity contribution < 1.29 is 10.0 Å². The number of hydrogen-bond acceptors (Lipinski definition) is 3. The lowest BCUT2D eigenvalue weighted by Crippen LogP contribution is -2.60. The molecular formula is C16H34BNO2Si. The van der Waals surface area contributed by atoms with Crippen LogP contribution in [0.5, 0.6) is 0 Å². The van der Waals surface area contributed by atoms with Crippen molar-refractivity contribution in [2.45, 2.75) is 89.8 Å². The second-order valence-corrected chi connectivity index (χ2v) is 13.9. The normalized spacial score (nSPS) is 17.2. The maximum absolute atomic E-state index is 10.2. The van der Waals surface area contributed by atoms with Gasteiger partial charge in [-0.25, -0.2) is 0 Å². The summed E-state index contributed by atoms with van der Waals surface area (Å²) in [6, 6.07) is 2.62. The average molecular weight is 311 g/mol. The third-order valence-electron chi connectivity index (χ3n) is 5.84. The van der Waals surface area contributed by atoms with Crippen LogP contribution in [-0.2, 0) is 0 Å². The van der Waals surface area contributed by atoms with Crippen molar-refractivity contribution in [1.29, 1.82) is 5.26 Å². The topological polar surface area (TPSA) is 64.2 Å². The molecule has 2 unspecified atom stereocenters. The van der Waals surface area contributed by atoms with E-state index in [1.807, 2.05) is 6.92 Å². The van der Waals surface area contributed by atoms with E-state index >= 15 is 0 Å². The average Bonchev–Trinajstić information content (AvgIpc) is 2.32. The van der Waals surface area contributed by atoms with Gasteiger partial charge in [0, 0.05) is 5.82 Å². The van der Waals surface area contributed by atoms with Gasteiger partial charge in [-0.05, 0) is 22.5 Å². The molecule has 2 atom stereocenters. The van der Waals surface area contributed by atoms with Crippen molar-refractivity contribution in [3.8, 4) is 6.07 Å². The highest BCUT2D eigenvalue weighted by molar-refractivity contribution is 6.88. The highest BCUT2D eigenvalue weighted by Crippen LogP contribution is 2.65. The molecule has 0 aromatic heterocycles.